The van der Waals surface area contributed by atoms with Crippen molar-refractivity contribution in [2.45, 2.75) is 12.5 Å². The predicted molar refractivity (Wildman–Crippen MR) is 146 cm³/mol. The molecule has 2 aromatic carbocycles. The Morgan fingerprint density at radius 1 is 0.971 bits per heavy atom. The van der Waals surface area contributed by atoms with E-state index in [4.69, 9.17) is 72.6 Å². The average Bonchev–Trinajstić information content (AvgIpc) is 3.55. The third-order valence-electron chi connectivity index (χ3n) is 5.61. The molecule has 0 saturated carbocycles. The molecule has 0 saturated heterocycles. The third-order valence-corrected chi connectivity index (χ3v) is 8.00. The SMILES string of the molecule is ClCCN(CCCl)c1nc(Cl)c(C2CC(c3ccc4c(c3)OCO4)=NN2c2cc(Cl)cc(Cl)c2)s1. The first-order valence-electron chi connectivity index (χ1n) is 10.7. The van der Waals surface area contributed by atoms with Gasteiger partial charge >= 0.3 is 0 Å². The van der Waals surface area contributed by atoms with E-state index in [1.807, 2.05) is 40.2 Å². The topological polar surface area (TPSA) is 50.2 Å². The van der Waals surface area contributed by atoms with Crippen molar-refractivity contribution in [3.8, 4) is 11.5 Å². The van der Waals surface area contributed by atoms with E-state index in [1.54, 1.807) is 6.07 Å². The number of nitrogens with zero attached hydrogens (tertiary/aromatic N) is 4. The smallest absolute Gasteiger partial charge is 0.231 e. The first kappa shape index (κ1) is 25.1. The summed E-state index contributed by atoms with van der Waals surface area (Å²) >= 11 is 32.9. The van der Waals surface area contributed by atoms with Gasteiger partial charge in [0.05, 0.1) is 22.3 Å². The molecule has 0 N–H and O–H groups in total. The molecule has 184 valence electrons. The molecular weight excluding hydrogens is 574 g/mol. The molecule has 1 unspecified atom stereocenters. The fourth-order valence-corrected chi connectivity index (χ4v) is 6.41. The van der Waals surface area contributed by atoms with E-state index in [0.717, 1.165) is 32.7 Å². The standard InChI is InChI=1S/C23H19Cl5N4O2S/c24-3-5-31(6-4-25)23-29-22(28)21(35-23)18-11-17(13-1-2-19-20(7-13)34-12-33-19)30-32(18)16-9-14(26)8-15(27)10-16/h1-2,7-10,18H,3-6,11-12H2. The van der Waals surface area contributed by atoms with Gasteiger partial charge in [-0.15, -0.1) is 23.2 Å². The van der Waals surface area contributed by atoms with Crippen LogP contribution in [-0.4, -0.2) is 42.3 Å². The lowest BCUT2D eigenvalue weighted by Gasteiger charge is -2.23. The normalized spacial score (nSPS) is 16.7. The van der Waals surface area contributed by atoms with Crippen molar-refractivity contribution in [3.63, 3.8) is 0 Å². The lowest BCUT2D eigenvalue weighted by molar-refractivity contribution is 0.174. The van der Waals surface area contributed by atoms with Gasteiger partial charge in [0.25, 0.3) is 0 Å². The second-order valence-electron chi connectivity index (χ2n) is 7.82. The van der Waals surface area contributed by atoms with Crippen LogP contribution in [0.2, 0.25) is 15.2 Å². The second kappa shape index (κ2) is 10.8. The summed E-state index contributed by atoms with van der Waals surface area (Å²) in [7, 11) is 0. The number of fused-ring (bicyclic) bond motifs is 1. The maximum Gasteiger partial charge on any atom is 0.231 e. The van der Waals surface area contributed by atoms with Crippen molar-refractivity contribution in [3.05, 3.63) is 62.0 Å². The maximum atomic E-state index is 6.70. The highest BCUT2D eigenvalue weighted by Crippen LogP contribution is 2.45. The molecule has 0 aliphatic carbocycles. The fraction of sp³-hybridized carbons (Fsp3) is 0.304. The van der Waals surface area contributed by atoms with Crippen LogP contribution in [0, 0.1) is 0 Å². The first-order valence-corrected chi connectivity index (χ1v) is 13.7. The fourth-order valence-electron chi connectivity index (χ4n) is 4.03. The van der Waals surface area contributed by atoms with E-state index in [9.17, 15) is 0 Å². The van der Waals surface area contributed by atoms with Gasteiger partial charge in [-0.3, -0.25) is 5.01 Å². The minimum absolute atomic E-state index is 0.210. The van der Waals surface area contributed by atoms with E-state index >= 15 is 0 Å². The number of thiazole rings is 1. The number of alkyl halides is 2. The summed E-state index contributed by atoms with van der Waals surface area (Å²) in [6.45, 7) is 1.45. The second-order valence-corrected chi connectivity index (χ2v) is 10.8. The Hall–Kier alpha value is -1.61. The summed E-state index contributed by atoms with van der Waals surface area (Å²) < 4.78 is 11.0. The van der Waals surface area contributed by atoms with Crippen LogP contribution in [0.5, 0.6) is 11.5 Å². The summed E-state index contributed by atoms with van der Waals surface area (Å²) in [6, 6.07) is 10.9. The molecule has 0 spiro atoms. The molecule has 0 fully saturated rings. The van der Waals surface area contributed by atoms with Gasteiger partial charge in [-0.2, -0.15) is 5.10 Å². The molecule has 0 radical (unpaired) electrons. The zero-order chi connectivity index (χ0) is 24.5. The summed E-state index contributed by atoms with van der Waals surface area (Å²) in [4.78, 5) is 7.55. The van der Waals surface area contributed by atoms with Gasteiger partial charge in [0, 0.05) is 46.9 Å². The number of hydrazone groups is 1. The molecule has 2 aliphatic heterocycles. The van der Waals surface area contributed by atoms with Gasteiger partial charge in [0.2, 0.25) is 6.79 Å². The molecular formula is C23H19Cl5N4O2S. The number of rotatable bonds is 8. The van der Waals surface area contributed by atoms with Crippen molar-refractivity contribution in [2.24, 2.45) is 5.10 Å². The van der Waals surface area contributed by atoms with E-state index in [2.05, 4.69) is 4.98 Å². The number of aromatic nitrogens is 1. The summed E-state index contributed by atoms with van der Waals surface area (Å²) in [5.74, 6) is 2.33. The van der Waals surface area contributed by atoms with Crippen LogP contribution in [0.4, 0.5) is 10.8 Å². The van der Waals surface area contributed by atoms with Crippen molar-refractivity contribution >= 4 is 85.9 Å². The number of ether oxygens (including phenoxy) is 2. The van der Waals surface area contributed by atoms with E-state index in [0.29, 0.717) is 52.2 Å². The largest absolute Gasteiger partial charge is 0.454 e. The highest BCUT2D eigenvalue weighted by molar-refractivity contribution is 7.16. The van der Waals surface area contributed by atoms with E-state index in [1.165, 1.54) is 11.3 Å². The molecule has 1 aromatic heterocycles. The highest BCUT2D eigenvalue weighted by atomic mass is 35.5. The lowest BCUT2D eigenvalue weighted by atomic mass is 10.0. The molecule has 0 amide bonds. The Balaban J connectivity index is 1.54. The van der Waals surface area contributed by atoms with Crippen molar-refractivity contribution < 1.29 is 9.47 Å². The Morgan fingerprint density at radius 3 is 2.40 bits per heavy atom. The van der Waals surface area contributed by atoms with E-state index in [-0.39, 0.29) is 12.8 Å². The minimum Gasteiger partial charge on any atom is -0.454 e. The molecule has 2 aliphatic rings. The Morgan fingerprint density at radius 2 is 1.69 bits per heavy atom. The summed E-state index contributed by atoms with van der Waals surface area (Å²) in [5, 5.41) is 9.09. The lowest BCUT2D eigenvalue weighted by Crippen LogP contribution is -2.27. The van der Waals surface area contributed by atoms with Crippen molar-refractivity contribution in [1.82, 2.24) is 4.98 Å². The van der Waals surface area contributed by atoms with Gasteiger partial charge in [-0.25, -0.2) is 4.98 Å². The number of halogens is 5. The zero-order valence-electron chi connectivity index (χ0n) is 18.2. The molecule has 12 heteroatoms. The molecule has 3 heterocycles. The van der Waals surface area contributed by atoms with E-state index < -0.39 is 0 Å². The zero-order valence-corrected chi connectivity index (χ0v) is 22.8. The highest BCUT2D eigenvalue weighted by Gasteiger charge is 2.35. The monoisotopic (exact) mass is 590 g/mol. The molecule has 35 heavy (non-hydrogen) atoms. The Bertz CT molecular complexity index is 1240. The Kier molecular flexibility index (Phi) is 7.72. The Labute approximate surface area is 231 Å². The number of hydrogen-bond donors (Lipinski definition) is 0. The van der Waals surface area contributed by atoms with Crippen molar-refractivity contribution in [2.75, 3.05) is 41.6 Å². The summed E-state index contributed by atoms with van der Waals surface area (Å²) in [6.07, 6.45) is 0.593. The number of anilines is 2. The third kappa shape index (κ3) is 5.26. The summed E-state index contributed by atoms with van der Waals surface area (Å²) in [5.41, 5.74) is 2.56. The van der Waals surface area contributed by atoms with Gasteiger partial charge in [-0.1, -0.05) is 46.1 Å². The molecule has 3 aromatic rings. The molecule has 0 bridgehead atoms. The van der Waals surface area contributed by atoms with Crippen LogP contribution in [0.15, 0.2) is 41.5 Å². The van der Waals surface area contributed by atoms with Gasteiger partial charge < -0.3 is 14.4 Å². The van der Waals surface area contributed by atoms with Crippen LogP contribution in [0.25, 0.3) is 0 Å². The van der Waals surface area contributed by atoms with Crippen LogP contribution in [-0.2, 0) is 0 Å². The van der Waals surface area contributed by atoms with Crippen LogP contribution in [0.3, 0.4) is 0 Å². The number of hydrogen-bond acceptors (Lipinski definition) is 7. The van der Waals surface area contributed by atoms with Crippen molar-refractivity contribution in [1.29, 1.82) is 0 Å². The predicted octanol–water partition coefficient (Wildman–Crippen LogP) is 7.47. The van der Waals surface area contributed by atoms with Gasteiger partial charge in [0.15, 0.2) is 16.6 Å². The average molecular weight is 593 g/mol. The quantitative estimate of drug-likeness (QED) is 0.254. The van der Waals surface area contributed by atoms with Crippen LogP contribution < -0.4 is 19.4 Å². The first-order chi connectivity index (χ1) is 17.0. The maximum absolute atomic E-state index is 6.70. The van der Waals surface area contributed by atoms with Gasteiger partial charge in [0.1, 0.15) is 5.15 Å². The number of benzene rings is 2. The minimum atomic E-state index is -0.211. The molecule has 6 nitrogen and oxygen atoms in total. The van der Waals surface area contributed by atoms with Gasteiger partial charge in [-0.05, 0) is 36.4 Å². The molecule has 5 rings (SSSR count). The van der Waals surface area contributed by atoms with Crippen LogP contribution in [0.1, 0.15) is 22.9 Å². The molecule has 1 atom stereocenters. The van der Waals surface area contributed by atoms with Crippen LogP contribution >= 0.6 is 69.3 Å².